The van der Waals surface area contributed by atoms with Crippen LogP contribution < -0.4 is 4.90 Å². The molecule has 35 heavy (non-hydrogen) atoms. The molecule has 2 atom stereocenters. The zero-order valence-electron chi connectivity index (χ0n) is 19.5. The van der Waals surface area contributed by atoms with Crippen LogP contribution in [0.3, 0.4) is 0 Å². The van der Waals surface area contributed by atoms with E-state index in [1.807, 2.05) is 13.0 Å². The van der Waals surface area contributed by atoms with Crippen molar-refractivity contribution in [1.29, 1.82) is 5.26 Å². The van der Waals surface area contributed by atoms with E-state index in [0.717, 1.165) is 39.1 Å². The number of anilines is 1. The first-order chi connectivity index (χ1) is 16.9. The lowest BCUT2D eigenvalue weighted by Gasteiger charge is -2.47. The zero-order chi connectivity index (χ0) is 24.7. The van der Waals surface area contributed by atoms with Crippen LogP contribution in [0.15, 0.2) is 24.4 Å². The summed E-state index contributed by atoms with van der Waals surface area (Å²) in [6.07, 6.45) is 3.98. The first-order valence-corrected chi connectivity index (χ1v) is 12.7. The lowest BCUT2D eigenvalue weighted by Crippen LogP contribution is -2.54. The van der Waals surface area contributed by atoms with Crippen molar-refractivity contribution in [3.63, 3.8) is 0 Å². The van der Waals surface area contributed by atoms with Crippen LogP contribution in [0, 0.1) is 29.1 Å². The molecule has 2 saturated heterocycles. The number of halogens is 3. The molecule has 0 bridgehead atoms. The molecule has 0 spiro atoms. The molecule has 2 aromatic heterocycles. The van der Waals surface area contributed by atoms with E-state index in [1.165, 1.54) is 11.0 Å². The number of rotatable bonds is 6. The molecule has 2 aliphatic heterocycles. The van der Waals surface area contributed by atoms with Gasteiger partial charge in [-0.05, 0) is 55.8 Å². The largest absolute Gasteiger partial charge is 0.395 e. The summed E-state index contributed by atoms with van der Waals surface area (Å²) in [7, 11) is 0. The number of aliphatic hydroxyl groups excluding tert-OH is 1. The predicted octanol–water partition coefficient (Wildman–Crippen LogP) is 4.50. The summed E-state index contributed by atoms with van der Waals surface area (Å²) in [6.45, 7) is 6.54. The van der Waals surface area contributed by atoms with Crippen LogP contribution in [0.2, 0.25) is 10.0 Å². The molecule has 0 radical (unpaired) electrons. The third kappa shape index (κ3) is 4.47. The number of benzene rings is 1. The van der Waals surface area contributed by atoms with Crippen molar-refractivity contribution in [1.82, 2.24) is 19.4 Å². The number of nitrogens with zero attached hydrogens (tertiary/aromatic N) is 6. The minimum Gasteiger partial charge on any atom is -0.395 e. The van der Waals surface area contributed by atoms with Crippen LogP contribution in [-0.4, -0.2) is 63.9 Å². The minimum absolute atomic E-state index is 0.122. The Bertz CT molecular complexity index is 1280. The van der Waals surface area contributed by atoms with Crippen molar-refractivity contribution in [2.45, 2.75) is 25.8 Å². The lowest BCUT2D eigenvalue weighted by molar-refractivity contribution is 0.101. The molecular formula is C25H27Cl2FN6O. The third-order valence-electron chi connectivity index (χ3n) is 7.39. The molecule has 0 aliphatic carbocycles. The van der Waals surface area contributed by atoms with Gasteiger partial charge in [-0.2, -0.15) is 9.65 Å². The fourth-order valence-corrected chi connectivity index (χ4v) is 5.99. The summed E-state index contributed by atoms with van der Waals surface area (Å²) in [6, 6.07) is 6.51. The Morgan fingerprint density at radius 3 is 2.77 bits per heavy atom. The van der Waals surface area contributed by atoms with Crippen molar-refractivity contribution in [2.24, 2.45) is 11.8 Å². The molecule has 1 aromatic carbocycles. The van der Waals surface area contributed by atoms with E-state index in [1.54, 1.807) is 24.4 Å². The van der Waals surface area contributed by atoms with Gasteiger partial charge in [-0.25, -0.2) is 9.97 Å². The smallest absolute Gasteiger partial charge is 0.216 e. The maximum Gasteiger partial charge on any atom is 0.216 e. The predicted molar refractivity (Wildman–Crippen MR) is 134 cm³/mol. The second-order valence-corrected chi connectivity index (χ2v) is 10.3. The van der Waals surface area contributed by atoms with E-state index in [2.05, 4.69) is 14.8 Å². The highest BCUT2D eigenvalue weighted by molar-refractivity contribution is 6.35. The first kappa shape index (κ1) is 24.3. The van der Waals surface area contributed by atoms with Gasteiger partial charge in [0.15, 0.2) is 5.65 Å². The molecule has 10 heteroatoms. The van der Waals surface area contributed by atoms with E-state index in [0.29, 0.717) is 38.9 Å². The molecule has 0 saturated carbocycles. The highest BCUT2D eigenvalue weighted by Gasteiger charge is 2.37. The van der Waals surface area contributed by atoms with E-state index >= 15 is 4.39 Å². The van der Waals surface area contributed by atoms with Crippen LogP contribution in [0.25, 0.3) is 11.2 Å². The Balaban J connectivity index is 1.42. The summed E-state index contributed by atoms with van der Waals surface area (Å²) in [5, 5.41) is 19.8. The van der Waals surface area contributed by atoms with Gasteiger partial charge in [0.05, 0.1) is 18.8 Å². The number of aromatic nitrogens is 3. The quantitative estimate of drug-likeness (QED) is 0.519. The van der Waals surface area contributed by atoms with E-state index in [4.69, 9.17) is 28.2 Å². The van der Waals surface area contributed by atoms with Crippen LogP contribution in [0.1, 0.15) is 36.9 Å². The van der Waals surface area contributed by atoms with Crippen molar-refractivity contribution in [2.75, 3.05) is 44.2 Å². The number of hydrogen-bond acceptors (Lipinski definition) is 6. The zero-order valence-corrected chi connectivity index (χ0v) is 21.0. The Hall–Kier alpha value is -2.44. The standard InChI is InChI=1S/C25H27Cl2FN6O/c1-15(19-5-4-18(26)9-21(19)27)34-24(28)20(10-29)23-25(34)31-22(11-30-23)33-13-17(14-33)16-3-2-6-32(12-16)7-8-35/h4-5,9,11,15-17,35H,2-3,6-8,12-14H2,1H3. The van der Waals surface area contributed by atoms with Crippen molar-refractivity contribution >= 4 is 40.2 Å². The average molecular weight is 517 g/mol. The molecule has 2 unspecified atom stereocenters. The SMILES string of the molecule is CC(c1ccc(Cl)cc1Cl)n1c(F)c(C#N)c2ncc(N3CC(C4CCCN(CCO)C4)C3)nc21. The van der Waals surface area contributed by atoms with Crippen LogP contribution >= 0.6 is 23.2 Å². The summed E-state index contributed by atoms with van der Waals surface area (Å²) in [4.78, 5) is 13.7. The van der Waals surface area contributed by atoms with Gasteiger partial charge >= 0.3 is 0 Å². The number of likely N-dealkylation sites (tertiary alicyclic amines) is 1. The normalized spacial score (nSPS) is 20.1. The number of hydrogen-bond donors (Lipinski definition) is 1. The Morgan fingerprint density at radius 2 is 2.06 bits per heavy atom. The fourth-order valence-electron chi connectivity index (χ4n) is 5.43. The number of piperidine rings is 1. The molecule has 184 valence electrons. The maximum atomic E-state index is 15.4. The highest BCUT2D eigenvalue weighted by Crippen LogP contribution is 2.36. The van der Waals surface area contributed by atoms with Gasteiger partial charge in [-0.1, -0.05) is 29.3 Å². The third-order valence-corrected chi connectivity index (χ3v) is 7.96. The number of nitriles is 1. The second-order valence-electron chi connectivity index (χ2n) is 9.48. The highest BCUT2D eigenvalue weighted by atomic mass is 35.5. The molecule has 7 nitrogen and oxygen atoms in total. The number of aliphatic hydroxyl groups is 1. The molecule has 0 amide bonds. The van der Waals surface area contributed by atoms with Gasteiger partial charge in [0.25, 0.3) is 0 Å². The van der Waals surface area contributed by atoms with Gasteiger partial charge in [-0.3, -0.25) is 4.57 Å². The Kier molecular flexibility index (Phi) is 6.86. The molecule has 5 rings (SSSR count). The van der Waals surface area contributed by atoms with Gasteiger partial charge in [0, 0.05) is 36.2 Å². The van der Waals surface area contributed by atoms with E-state index in [-0.39, 0.29) is 17.7 Å². The monoisotopic (exact) mass is 516 g/mol. The first-order valence-electron chi connectivity index (χ1n) is 11.9. The van der Waals surface area contributed by atoms with Crippen molar-refractivity contribution in [3.8, 4) is 6.07 Å². The van der Waals surface area contributed by atoms with Crippen LogP contribution in [0.4, 0.5) is 10.2 Å². The average Bonchev–Trinajstić information content (AvgIpc) is 3.08. The molecule has 2 fully saturated rings. The van der Waals surface area contributed by atoms with E-state index in [9.17, 15) is 10.4 Å². The second kappa shape index (κ2) is 9.90. The molecule has 4 heterocycles. The van der Waals surface area contributed by atoms with Gasteiger partial charge in [-0.15, -0.1) is 0 Å². The summed E-state index contributed by atoms with van der Waals surface area (Å²) in [5.74, 6) is 1.15. The Labute approximate surface area is 213 Å². The topological polar surface area (TPSA) is 81.2 Å². The van der Waals surface area contributed by atoms with Gasteiger partial charge in [0.2, 0.25) is 5.95 Å². The number of β-amino-alcohol motifs (C(OH)–C–C–N with tert-alkyl or cyclic N) is 1. The van der Waals surface area contributed by atoms with Gasteiger partial charge < -0.3 is 14.9 Å². The maximum absolute atomic E-state index is 15.4. The lowest BCUT2D eigenvalue weighted by atomic mass is 9.80. The summed E-state index contributed by atoms with van der Waals surface area (Å²) in [5.41, 5.74) is 1.13. The van der Waals surface area contributed by atoms with E-state index < -0.39 is 12.0 Å². The van der Waals surface area contributed by atoms with Crippen molar-refractivity contribution in [3.05, 3.63) is 51.5 Å². The molecule has 1 N–H and O–H groups in total. The summed E-state index contributed by atoms with van der Waals surface area (Å²) < 4.78 is 16.8. The van der Waals surface area contributed by atoms with Gasteiger partial charge in [0.1, 0.15) is 23.0 Å². The fraction of sp³-hybridized carbons (Fsp3) is 0.480. The number of fused-ring (bicyclic) bond motifs is 1. The summed E-state index contributed by atoms with van der Waals surface area (Å²) >= 11 is 12.4. The van der Waals surface area contributed by atoms with Crippen LogP contribution in [-0.2, 0) is 0 Å². The van der Waals surface area contributed by atoms with Crippen LogP contribution in [0.5, 0.6) is 0 Å². The minimum atomic E-state index is -0.675. The Morgan fingerprint density at radius 1 is 1.26 bits per heavy atom. The van der Waals surface area contributed by atoms with Crippen molar-refractivity contribution < 1.29 is 9.50 Å². The molecule has 3 aromatic rings. The molecular weight excluding hydrogens is 490 g/mol. The molecule has 2 aliphatic rings.